The van der Waals surface area contributed by atoms with Gasteiger partial charge in [0.2, 0.25) is 0 Å². The summed E-state index contributed by atoms with van der Waals surface area (Å²) in [5.41, 5.74) is 3.70. The lowest BCUT2D eigenvalue weighted by molar-refractivity contribution is 0.310. The first-order valence-corrected chi connectivity index (χ1v) is 7.69. The number of anilines is 1. The van der Waals surface area contributed by atoms with Crippen molar-refractivity contribution < 1.29 is 4.74 Å². The van der Waals surface area contributed by atoms with Gasteiger partial charge in [0, 0.05) is 12.2 Å². The van der Waals surface area contributed by atoms with E-state index < -0.39 is 0 Å². The summed E-state index contributed by atoms with van der Waals surface area (Å²) < 4.78 is 5.98. The number of hydrogen-bond acceptors (Lipinski definition) is 2. The molecule has 0 aromatic heterocycles. The van der Waals surface area contributed by atoms with Crippen LogP contribution in [0.2, 0.25) is 0 Å². The van der Waals surface area contributed by atoms with Crippen LogP contribution in [-0.4, -0.2) is 13.2 Å². The molecule has 0 fully saturated rings. The van der Waals surface area contributed by atoms with Crippen LogP contribution in [0.5, 0.6) is 5.75 Å². The van der Waals surface area contributed by atoms with E-state index in [0.29, 0.717) is 5.92 Å². The molecule has 0 amide bonds. The molecule has 1 N–H and O–H groups in total. The standard InChI is InChI=1S/C19H25NO/c1-15(2)18-11-10-16(3)14-19(18)21-13-7-12-20-17-8-5-4-6-9-17/h4-6,8-11,14-15,20H,7,12-13H2,1-3H3. The second-order valence-corrected chi connectivity index (χ2v) is 5.69. The number of para-hydroxylation sites is 1. The molecule has 21 heavy (non-hydrogen) atoms. The molecule has 2 heteroatoms. The van der Waals surface area contributed by atoms with Crippen molar-refractivity contribution in [1.82, 2.24) is 0 Å². The van der Waals surface area contributed by atoms with E-state index in [1.807, 2.05) is 18.2 Å². The molecule has 0 spiro atoms. The highest BCUT2D eigenvalue weighted by Gasteiger charge is 2.07. The van der Waals surface area contributed by atoms with Gasteiger partial charge in [-0.1, -0.05) is 44.2 Å². The number of aryl methyl sites for hydroxylation is 1. The Morgan fingerprint density at radius 2 is 1.81 bits per heavy atom. The lowest BCUT2D eigenvalue weighted by atomic mass is 10.0. The number of hydrogen-bond donors (Lipinski definition) is 1. The Morgan fingerprint density at radius 1 is 1.05 bits per heavy atom. The summed E-state index contributed by atoms with van der Waals surface area (Å²) in [6, 6.07) is 16.7. The molecular formula is C19H25NO. The van der Waals surface area contributed by atoms with Gasteiger partial charge in [-0.25, -0.2) is 0 Å². The number of rotatable bonds is 7. The van der Waals surface area contributed by atoms with E-state index in [4.69, 9.17) is 4.74 Å². The third kappa shape index (κ3) is 4.82. The van der Waals surface area contributed by atoms with E-state index in [2.05, 4.69) is 56.4 Å². The average molecular weight is 283 g/mol. The molecule has 0 bridgehead atoms. The largest absolute Gasteiger partial charge is 0.493 e. The third-order valence-corrected chi connectivity index (χ3v) is 3.47. The first-order chi connectivity index (χ1) is 10.2. The number of nitrogens with one attached hydrogen (secondary N) is 1. The molecule has 0 atom stereocenters. The maximum atomic E-state index is 5.98. The van der Waals surface area contributed by atoms with Crippen molar-refractivity contribution in [3.05, 3.63) is 59.7 Å². The van der Waals surface area contributed by atoms with Crippen LogP contribution in [0.25, 0.3) is 0 Å². The van der Waals surface area contributed by atoms with Gasteiger partial charge >= 0.3 is 0 Å². The van der Waals surface area contributed by atoms with Gasteiger partial charge in [0.25, 0.3) is 0 Å². The zero-order chi connectivity index (χ0) is 15.1. The molecule has 2 rings (SSSR count). The smallest absolute Gasteiger partial charge is 0.123 e. The van der Waals surface area contributed by atoms with Crippen LogP contribution in [0, 0.1) is 6.92 Å². The fraction of sp³-hybridized carbons (Fsp3) is 0.368. The minimum atomic E-state index is 0.489. The van der Waals surface area contributed by atoms with Gasteiger partial charge in [-0.05, 0) is 48.6 Å². The van der Waals surface area contributed by atoms with Gasteiger partial charge in [0.1, 0.15) is 5.75 Å². The molecule has 0 aliphatic heterocycles. The van der Waals surface area contributed by atoms with Gasteiger partial charge in [-0.2, -0.15) is 0 Å². The van der Waals surface area contributed by atoms with E-state index in [-0.39, 0.29) is 0 Å². The van der Waals surface area contributed by atoms with Crippen LogP contribution in [-0.2, 0) is 0 Å². The summed E-state index contributed by atoms with van der Waals surface area (Å²) >= 11 is 0. The van der Waals surface area contributed by atoms with Crippen molar-refractivity contribution in [1.29, 1.82) is 0 Å². The van der Waals surface area contributed by atoms with Crippen LogP contribution < -0.4 is 10.1 Å². The lowest BCUT2D eigenvalue weighted by Crippen LogP contribution is -2.08. The lowest BCUT2D eigenvalue weighted by Gasteiger charge is -2.15. The summed E-state index contributed by atoms with van der Waals surface area (Å²) in [5, 5.41) is 3.40. The quantitative estimate of drug-likeness (QED) is 0.722. The van der Waals surface area contributed by atoms with Crippen molar-refractivity contribution in [2.45, 2.75) is 33.1 Å². The topological polar surface area (TPSA) is 21.3 Å². The Morgan fingerprint density at radius 3 is 2.52 bits per heavy atom. The number of ether oxygens (including phenoxy) is 1. The molecular weight excluding hydrogens is 258 g/mol. The van der Waals surface area contributed by atoms with Gasteiger partial charge < -0.3 is 10.1 Å². The highest BCUT2D eigenvalue weighted by molar-refractivity contribution is 5.42. The minimum absolute atomic E-state index is 0.489. The molecule has 0 aliphatic carbocycles. The average Bonchev–Trinajstić information content (AvgIpc) is 2.48. The maximum Gasteiger partial charge on any atom is 0.123 e. The zero-order valence-corrected chi connectivity index (χ0v) is 13.2. The first kappa shape index (κ1) is 15.4. The summed E-state index contributed by atoms with van der Waals surface area (Å²) in [5.74, 6) is 1.52. The van der Waals surface area contributed by atoms with Crippen molar-refractivity contribution in [2.24, 2.45) is 0 Å². The van der Waals surface area contributed by atoms with Gasteiger partial charge in [-0.15, -0.1) is 0 Å². The predicted molar refractivity (Wildman–Crippen MR) is 90.3 cm³/mol. The molecule has 2 nitrogen and oxygen atoms in total. The monoisotopic (exact) mass is 283 g/mol. The Kier molecular flexibility index (Phi) is 5.68. The number of benzene rings is 2. The molecule has 0 saturated carbocycles. The second kappa shape index (κ2) is 7.72. The van der Waals surface area contributed by atoms with E-state index in [0.717, 1.165) is 31.0 Å². The molecule has 2 aromatic rings. The molecule has 0 unspecified atom stereocenters. The van der Waals surface area contributed by atoms with Crippen molar-refractivity contribution >= 4 is 5.69 Å². The highest BCUT2D eigenvalue weighted by Crippen LogP contribution is 2.27. The van der Waals surface area contributed by atoms with Gasteiger partial charge in [0.15, 0.2) is 0 Å². The van der Waals surface area contributed by atoms with Crippen LogP contribution in [0.3, 0.4) is 0 Å². The van der Waals surface area contributed by atoms with Crippen LogP contribution in [0.15, 0.2) is 48.5 Å². The molecule has 2 aromatic carbocycles. The third-order valence-electron chi connectivity index (χ3n) is 3.47. The SMILES string of the molecule is Cc1ccc(C(C)C)c(OCCCNc2ccccc2)c1. The van der Waals surface area contributed by atoms with Crippen molar-refractivity contribution in [3.8, 4) is 5.75 Å². The van der Waals surface area contributed by atoms with Crippen LogP contribution in [0.1, 0.15) is 37.3 Å². The van der Waals surface area contributed by atoms with E-state index in [9.17, 15) is 0 Å². The summed E-state index contributed by atoms with van der Waals surface area (Å²) in [7, 11) is 0. The molecule has 0 saturated heterocycles. The van der Waals surface area contributed by atoms with Crippen LogP contribution in [0.4, 0.5) is 5.69 Å². The molecule has 0 radical (unpaired) electrons. The minimum Gasteiger partial charge on any atom is -0.493 e. The van der Waals surface area contributed by atoms with Crippen molar-refractivity contribution in [3.63, 3.8) is 0 Å². The molecule has 112 valence electrons. The fourth-order valence-corrected chi connectivity index (χ4v) is 2.29. The Labute approximate surface area is 128 Å². The first-order valence-electron chi connectivity index (χ1n) is 7.69. The van der Waals surface area contributed by atoms with E-state index in [1.54, 1.807) is 0 Å². The molecule has 0 heterocycles. The van der Waals surface area contributed by atoms with Gasteiger partial charge in [-0.3, -0.25) is 0 Å². The fourth-order valence-electron chi connectivity index (χ4n) is 2.29. The maximum absolute atomic E-state index is 5.98. The van der Waals surface area contributed by atoms with E-state index in [1.165, 1.54) is 11.1 Å². The summed E-state index contributed by atoms with van der Waals surface area (Å²) in [6.45, 7) is 8.17. The Hall–Kier alpha value is -1.96. The van der Waals surface area contributed by atoms with E-state index >= 15 is 0 Å². The predicted octanol–water partition coefficient (Wildman–Crippen LogP) is 5.00. The second-order valence-electron chi connectivity index (χ2n) is 5.69. The van der Waals surface area contributed by atoms with Crippen molar-refractivity contribution in [2.75, 3.05) is 18.5 Å². The highest BCUT2D eigenvalue weighted by atomic mass is 16.5. The normalized spacial score (nSPS) is 10.7. The zero-order valence-electron chi connectivity index (χ0n) is 13.2. The Balaban J connectivity index is 1.79. The summed E-state index contributed by atoms with van der Waals surface area (Å²) in [4.78, 5) is 0. The summed E-state index contributed by atoms with van der Waals surface area (Å²) in [6.07, 6.45) is 0.986. The Bertz CT molecular complexity index is 549. The van der Waals surface area contributed by atoms with Gasteiger partial charge in [0.05, 0.1) is 6.61 Å². The molecule has 0 aliphatic rings. The van der Waals surface area contributed by atoms with Crippen LogP contribution >= 0.6 is 0 Å².